The molecule has 0 spiro atoms. The zero-order chi connectivity index (χ0) is 21.4. The minimum Gasteiger partial charge on any atom is -0.453 e. The molecule has 5 rings (SSSR count). The van der Waals surface area contributed by atoms with Gasteiger partial charge in [0.1, 0.15) is 11.6 Å². The van der Waals surface area contributed by atoms with E-state index in [4.69, 9.17) is 4.42 Å². The number of H-pyrrole nitrogens is 2. The third kappa shape index (κ3) is 4.31. The van der Waals surface area contributed by atoms with E-state index in [0.717, 1.165) is 69.9 Å². The van der Waals surface area contributed by atoms with Crippen molar-refractivity contribution in [3.05, 3.63) is 69.1 Å². The van der Waals surface area contributed by atoms with Crippen LogP contribution in [-0.2, 0) is 25.9 Å². The number of hydrogen-bond acceptors (Lipinski definition) is 6. The van der Waals surface area contributed by atoms with E-state index < -0.39 is 0 Å². The summed E-state index contributed by atoms with van der Waals surface area (Å²) in [6, 6.07) is 10.1. The molecule has 1 aliphatic rings. The van der Waals surface area contributed by atoms with Crippen molar-refractivity contribution in [2.45, 2.75) is 56.4 Å². The van der Waals surface area contributed by atoms with Crippen molar-refractivity contribution >= 4 is 22.8 Å². The van der Waals surface area contributed by atoms with Gasteiger partial charge in [0, 0.05) is 25.9 Å². The average Bonchev–Trinajstić information content (AvgIpc) is 3.34. The van der Waals surface area contributed by atoms with Crippen molar-refractivity contribution in [1.82, 2.24) is 24.8 Å². The van der Waals surface area contributed by atoms with Gasteiger partial charge in [0.25, 0.3) is 5.56 Å². The molecule has 160 valence electrons. The Hall–Kier alpha value is -2.84. The second-order valence-electron chi connectivity index (χ2n) is 8.03. The van der Waals surface area contributed by atoms with Crippen LogP contribution in [0.25, 0.3) is 11.0 Å². The third-order valence-corrected chi connectivity index (χ3v) is 6.32. The second-order valence-corrected chi connectivity index (χ2v) is 9.03. The van der Waals surface area contributed by atoms with Crippen molar-refractivity contribution < 1.29 is 4.42 Å². The molecule has 1 aliphatic heterocycles. The fourth-order valence-electron chi connectivity index (χ4n) is 3.98. The predicted octanol–water partition coefficient (Wildman–Crippen LogP) is 4.21. The van der Waals surface area contributed by atoms with Crippen LogP contribution in [0.1, 0.15) is 41.8 Å². The first kappa shape index (κ1) is 20.1. The highest BCUT2D eigenvalue weighted by Gasteiger charge is 2.22. The number of nitrogens with zero attached hydrogens (tertiary/aromatic N) is 3. The first-order valence-electron chi connectivity index (χ1n) is 10.6. The van der Waals surface area contributed by atoms with Crippen LogP contribution in [0.5, 0.6) is 0 Å². The lowest BCUT2D eigenvalue weighted by Gasteiger charge is -2.26. The first-order chi connectivity index (χ1) is 15.1. The predicted molar refractivity (Wildman–Crippen MR) is 120 cm³/mol. The van der Waals surface area contributed by atoms with E-state index >= 15 is 0 Å². The molecule has 0 saturated carbocycles. The topological polar surface area (TPSA) is 90.8 Å². The van der Waals surface area contributed by atoms with Gasteiger partial charge in [-0.3, -0.25) is 9.69 Å². The molecule has 0 unspecified atom stereocenters. The number of imidazole rings is 1. The van der Waals surface area contributed by atoms with Crippen molar-refractivity contribution in [2.24, 2.45) is 0 Å². The van der Waals surface area contributed by atoms with E-state index in [-0.39, 0.29) is 5.56 Å². The molecule has 31 heavy (non-hydrogen) atoms. The molecule has 4 heterocycles. The summed E-state index contributed by atoms with van der Waals surface area (Å²) in [5.41, 5.74) is 4.90. The monoisotopic (exact) mass is 435 g/mol. The first-order valence-corrected chi connectivity index (χ1v) is 11.5. The molecular weight excluding hydrogens is 410 g/mol. The van der Waals surface area contributed by atoms with Crippen LogP contribution in [0.3, 0.4) is 0 Å². The lowest BCUT2D eigenvalue weighted by atomic mass is 10.1. The van der Waals surface area contributed by atoms with E-state index in [0.29, 0.717) is 13.1 Å². The molecule has 0 atom stereocenters. The van der Waals surface area contributed by atoms with Crippen molar-refractivity contribution in [3.8, 4) is 0 Å². The number of aryl methyl sites for hydroxylation is 2. The van der Waals surface area contributed by atoms with E-state index in [1.54, 1.807) is 0 Å². The molecule has 0 bridgehead atoms. The number of fused-ring (bicyclic) bond motifs is 2. The normalized spacial score (nSPS) is 14.3. The standard InChI is InChI=1S/C23H25N5O2S/c1-3-4-20-24-17-9-10-28(13-16(17)22(29)27-20)12-15-6-8-21(30-15)31-23-25-18-7-5-14(2)11-19(18)26-23/h5-8,11H,3-4,9-10,12-13H2,1-2H3,(H,25,26)(H,24,27,29). The lowest BCUT2D eigenvalue weighted by molar-refractivity contribution is 0.217. The van der Waals surface area contributed by atoms with E-state index in [1.165, 1.54) is 17.3 Å². The fraction of sp³-hybridized carbons (Fsp3) is 0.348. The molecule has 0 fully saturated rings. The molecule has 7 nitrogen and oxygen atoms in total. The fourth-order valence-corrected chi connectivity index (χ4v) is 4.77. The van der Waals surface area contributed by atoms with Gasteiger partial charge in [0.2, 0.25) is 0 Å². The Labute approximate surface area is 184 Å². The highest BCUT2D eigenvalue weighted by atomic mass is 32.2. The van der Waals surface area contributed by atoms with Crippen LogP contribution < -0.4 is 5.56 Å². The highest BCUT2D eigenvalue weighted by molar-refractivity contribution is 7.99. The summed E-state index contributed by atoms with van der Waals surface area (Å²) in [5, 5.41) is 1.61. The summed E-state index contributed by atoms with van der Waals surface area (Å²) < 4.78 is 6.04. The SMILES string of the molecule is CCCc1nc2c(c(=O)[nH]1)CN(Cc1ccc(Sc3nc4ccc(C)cc4[nH]3)o1)CC2. The summed E-state index contributed by atoms with van der Waals surface area (Å²) in [5.74, 6) is 1.68. The number of aromatic amines is 2. The van der Waals surface area contributed by atoms with Gasteiger partial charge in [-0.15, -0.1) is 0 Å². The number of benzene rings is 1. The molecule has 0 aliphatic carbocycles. The summed E-state index contributed by atoms with van der Waals surface area (Å²) in [6.07, 6.45) is 2.57. The molecule has 3 aromatic heterocycles. The molecule has 4 aromatic rings. The zero-order valence-corrected chi connectivity index (χ0v) is 18.5. The maximum atomic E-state index is 12.5. The van der Waals surface area contributed by atoms with Gasteiger partial charge in [-0.05, 0) is 54.9 Å². The van der Waals surface area contributed by atoms with Crippen molar-refractivity contribution in [2.75, 3.05) is 6.54 Å². The minimum atomic E-state index is -0.00559. The van der Waals surface area contributed by atoms with Crippen LogP contribution in [0.15, 0.2) is 49.8 Å². The largest absolute Gasteiger partial charge is 0.453 e. The van der Waals surface area contributed by atoms with Gasteiger partial charge in [-0.2, -0.15) is 0 Å². The number of nitrogens with one attached hydrogen (secondary N) is 2. The quantitative estimate of drug-likeness (QED) is 0.471. The molecule has 8 heteroatoms. The Morgan fingerprint density at radius 2 is 2.10 bits per heavy atom. The van der Waals surface area contributed by atoms with Crippen LogP contribution >= 0.6 is 11.8 Å². The molecule has 2 N–H and O–H groups in total. The van der Waals surface area contributed by atoms with Gasteiger partial charge in [-0.25, -0.2) is 9.97 Å². The Kier molecular flexibility index (Phi) is 5.41. The number of rotatable bonds is 6. The van der Waals surface area contributed by atoms with E-state index in [1.807, 2.05) is 18.2 Å². The van der Waals surface area contributed by atoms with Crippen LogP contribution in [0.4, 0.5) is 0 Å². The summed E-state index contributed by atoms with van der Waals surface area (Å²) in [6.45, 7) is 6.28. The van der Waals surface area contributed by atoms with Gasteiger partial charge in [0.05, 0.1) is 28.8 Å². The number of aromatic nitrogens is 4. The molecule has 1 aromatic carbocycles. The summed E-state index contributed by atoms with van der Waals surface area (Å²) >= 11 is 1.48. The Morgan fingerprint density at radius 3 is 2.97 bits per heavy atom. The van der Waals surface area contributed by atoms with Gasteiger partial charge < -0.3 is 14.4 Å². The van der Waals surface area contributed by atoms with Crippen molar-refractivity contribution in [3.63, 3.8) is 0 Å². The van der Waals surface area contributed by atoms with Gasteiger partial charge in [0.15, 0.2) is 10.2 Å². The molecule has 0 saturated heterocycles. The third-order valence-electron chi connectivity index (χ3n) is 5.51. The summed E-state index contributed by atoms with van der Waals surface area (Å²) in [4.78, 5) is 30.3. The summed E-state index contributed by atoms with van der Waals surface area (Å²) in [7, 11) is 0. The van der Waals surface area contributed by atoms with Crippen LogP contribution in [0, 0.1) is 6.92 Å². The molecular formula is C23H25N5O2S. The Bertz CT molecular complexity index is 1290. The Balaban J connectivity index is 1.26. The second kappa shape index (κ2) is 8.36. The smallest absolute Gasteiger partial charge is 0.255 e. The van der Waals surface area contributed by atoms with Crippen molar-refractivity contribution in [1.29, 1.82) is 0 Å². The van der Waals surface area contributed by atoms with Gasteiger partial charge >= 0.3 is 0 Å². The number of furan rings is 1. The van der Waals surface area contributed by atoms with Crippen LogP contribution in [-0.4, -0.2) is 31.4 Å². The minimum absolute atomic E-state index is 0.00559. The number of hydrogen-bond donors (Lipinski definition) is 2. The zero-order valence-electron chi connectivity index (χ0n) is 17.7. The van der Waals surface area contributed by atoms with E-state index in [9.17, 15) is 4.79 Å². The maximum absolute atomic E-state index is 12.5. The molecule has 0 amide bonds. The van der Waals surface area contributed by atoms with Gasteiger partial charge in [-0.1, -0.05) is 13.0 Å². The average molecular weight is 436 g/mol. The Morgan fingerprint density at radius 1 is 1.19 bits per heavy atom. The lowest BCUT2D eigenvalue weighted by Crippen LogP contribution is -2.35. The maximum Gasteiger partial charge on any atom is 0.255 e. The van der Waals surface area contributed by atoms with Crippen LogP contribution in [0.2, 0.25) is 0 Å². The van der Waals surface area contributed by atoms with E-state index in [2.05, 4.69) is 50.8 Å². The highest BCUT2D eigenvalue weighted by Crippen LogP contribution is 2.30. The molecule has 0 radical (unpaired) electrons.